The van der Waals surface area contributed by atoms with Crippen LogP contribution in [0.4, 0.5) is 10.8 Å². The zero-order valence-electron chi connectivity index (χ0n) is 9.59. The Morgan fingerprint density at radius 2 is 2.35 bits per heavy atom. The summed E-state index contributed by atoms with van der Waals surface area (Å²) in [6, 6.07) is 0. The number of hydrogen-bond acceptors (Lipinski definition) is 6. The summed E-state index contributed by atoms with van der Waals surface area (Å²) in [5.41, 5.74) is 11.2. The number of aliphatic hydroxyl groups excluding tert-OH is 1. The van der Waals surface area contributed by atoms with E-state index in [0.717, 1.165) is 24.5 Å². The summed E-state index contributed by atoms with van der Waals surface area (Å²) in [5, 5.41) is 10.5. The van der Waals surface area contributed by atoms with Crippen LogP contribution >= 0.6 is 11.5 Å². The molecule has 1 aromatic rings. The van der Waals surface area contributed by atoms with Crippen LogP contribution < -0.4 is 16.4 Å². The lowest BCUT2D eigenvalue weighted by Gasteiger charge is -2.34. The second-order valence-electron chi connectivity index (χ2n) is 4.39. The van der Waals surface area contributed by atoms with Gasteiger partial charge in [0.1, 0.15) is 10.6 Å². The van der Waals surface area contributed by atoms with Crippen molar-refractivity contribution in [3.63, 3.8) is 0 Å². The van der Waals surface area contributed by atoms with Gasteiger partial charge in [-0.2, -0.15) is 4.37 Å². The Morgan fingerprint density at radius 3 is 2.94 bits per heavy atom. The second-order valence-corrected chi connectivity index (χ2v) is 5.14. The zero-order valence-corrected chi connectivity index (χ0v) is 10.4. The van der Waals surface area contributed by atoms with Gasteiger partial charge in [0, 0.05) is 13.1 Å². The normalized spacial score (nSPS) is 24.9. The lowest BCUT2D eigenvalue weighted by atomic mass is 9.96. The largest absolute Gasteiger partial charge is 0.391 e. The minimum atomic E-state index is -0.570. The minimum absolute atomic E-state index is 0.172. The number of carbonyl (C=O) groups is 1. The highest BCUT2D eigenvalue weighted by Crippen LogP contribution is 2.33. The summed E-state index contributed by atoms with van der Waals surface area (Å²) >= 11 is 1.15. The fourth-order valence-corrected chi connectivity index (χ4v) is 2.83. The zero-order chi connectivity index (χ0) is 12.6. The van der Waals surface area contributed by atoms with Gasteiger partial charge in [-0.05, 0) is 23.9 Å². The molecule has 1 saturated heterocycles. The Bertz CT molecular complexity index is 434. The highest BCUT2D eigenvalue weighted by atomic mass is 32.1. The first-order valence-electron chi connectivity index (χ1n) is 5.48. The molecule has 0 spiro atoms. The number of rotatable bonds is 2. The van der Waals surface area contributed by atoms with Gasteiger partial charge < -0.3 is 21.5 Å². The van der Waals surface area contributed by atoms with Crippen LogP contribution in [-0.4, -0.2) is 34.6 Å². The van der Waals surface area contributed by atoms with Gasteiger partial charge in [-0.3, -0.25) is 4.79 Å². The SMILES string of the molecule is CC1CCN(c2snc(N)c2C(N)=O)CC1O. The Morgan fingerprint density at radius 1 is 1.65 bits per heavy atom. The molecule has 0 aliphatic carbocycles. The predicted octanol–water partition coefficient (Wildman–Crippen LogP) is 0.0313. The van der Waals surface area contributed by atoms with E-state index in [2.05, 4.69) is 4.37 Å². The number of nitrogens with two attached hydrogens (primary N) is 2. The molecule has 1 aliphatic rings. The number of aliphatic hydroxyl groups is 1. The predicted molar refractivity (Wildman–Crippen MR) is 67.0 cm³/mol. The molecule has 2 heterocycles. The molecule has 17 heavy (non-hydrogen) atoms. The monoisotopic (exact) mass is 256 g/mol. The van der Waals surface area contributed by atoms with Crippen molar-refractivity contribution < 1.29 is 9.90 Å². The van der Waals surface area contributed by atoms with Gasteiger partial charge in [-0.1, -0.05) is 6.92 Å². The summed E-state index contributed by atoms with van der Waals surface area (Å²) in [7, 11) is 0. The van der Waals surface area contributed by atoms with E-state index < -0.39 is 12.0 Å². The lowest BCUT2D eigenvalue weighted by molar-refractivity contribution is 0.0989. The number of primary amides is 1. The van der Waals surface area contributed by atoms with Crippen molar-refractivity contribution in [1.82, 2.24) is 4.37 Å². The Kier molecular flexibility index (Phi) is 3.21. The summed E-state index contributed by atoms with van der Waals surface area (Å²) in [5.74, 6) is -0.126. The molecular formula is C10H16N4O2S. The van der Waals surface area contributed by atoms with Crippen LogP contribution in [0.5, 0.6) is 0 Å². The average Bonchev–Trinajstić information content (AvgIpc) is 2.64. The quantitative estimate of drug-likeness (QED) is 0.692. The average molecular weight is 256 g/mol. The Labute approximate surface area is 103 Å². The fraction of sp³-hybridized carbons (Fsp3) is 0.600. The van der Waals surface area contributed by atoms with E-state index >= 15 is 0 Å². The van der Waals surface area contributed by atoms with Crippen molar-refractivity contribution in [2.45, 2.75) is 19.4 Å². The molecule has 2 rings (SSSR count). The highest BCUT2D eigenvalue weighted by molar-refractivity contribution is 7.11. The maximum atomic E-state index is 11.3. The van der Waals surface area contributed by atoms with Crippen molar-refractivity contribution in [2.75, 3.05) is 23.7 Å². The van der Waals surface area contributed by atoms with Gasteiger partial charge in [-0.25, -0.2) is 0 Å². The van der Waals surface area contributed by atoms with Crippen LogP contribution in [0, 0.1) is 5.92 Å². The van der Waals surface area contributed by atoms with Crippen LogP contribution in [0.2, 0.25) is 0 Å². The standard InChI is InChI=1S/C10H16N4O2S/c1-5-2-3-14(4-6(5)15)10-7(9(12)16)8(11)13-17-10/h5-6,15H,2-4H2,1H3,(H2,11,13)(H2,12,16). The van der Waals surface area contributed by atoms with Crippen LogP contribution in [-0.2, 0) is 0 Å². The first-order valence-corrected chi connectivity index (χ1v) is 6.26. The molecule has 0 saturated carbocycles. The van der Waals surface area contributed by atoms with Crippen molar-refractivity contribution in [3.05, 3.63) is 5.56 Å². The van der Waals surface area contributed by atoms with Crippen LogP contribution in [0.25, 0.3) is 0 Å². The van der Waals surface area contributed by atoms with Crippen molar-refractivity contribution in [1.29, 1.82) is 0 Å². The third kappa shape index (κ3) is 2.20. The topological polar surface area (TPSA) is 105 Å². The number of nitrogens with zero attached hydrogens (tertiary/aromatic N) is 2. The molecule has 0 radical (unpaired) electrons. The van der Waals surface area contributed by atoms with Crippen molar-refractivity contribution >= 4 is 28.3 Å². The first-order chi connectivity index (χ1) is 8.00. The summed E-state index contributed by atoms with van der Waals surface area (Å²) in [4.78, 5) is 13.2. The fourth-order valence-electron chi connectivity index (χ4n) is 1.97. The molecule has 6 nitrogen and oxygen atoms in total. The number of carbonyl (C=O) groups excluding carboxylic acids is 1. The van der Waals surface area contributed by atoms with E-state index in [1.165, 1.54) is 0 Å². The summed E-state index contributed by atoms with van der Waals surface area (Å²) in [6.07, 6.45) is 0.477. The first kappa shape index (κ1) is 12.1. The summed E-state index contributed by atoms with van der Waals surface area (Å²) in [6.45, 7) is 3.28. The van der Waals surface area contributed by atoms with E-state index in [9.17, 15) is 9.90 Å². The summed E-state index contributed by atoms with van der Waals surface area (Å²) < 4.78 is 3.95. The van der Waals surface area contributed by atoms with Gasteiger partial charge in [0.15, 0.2) is 5.82 Å². The van der Waals surface area contributed by atoms with Gasteiger partial charge >= 0.3 is 0 Å². The molecule has 1 aliphatic heterocycles. The van der Waals surface area contributed by atoms with Crippen molar-refractivity contribution in [3.8, 4) is 0 Å². The number of piperidine rings is 1. The molecule has 94 valence electrons. The van der Waals surface area contributed by atoms with Crippen molar-refractivity contribution in [2.24, 2.45) is 11.7 Å². The van der Waals surface area contributed by atoms with E-state index in [4.69, 9.17) is 11.5 Å². The molecule has 2 atom stereocenters. The van der Waals surface area contributed by atoms with Crippen LogP contribution in [0.1, 0.15) is 23.7 Å². The van der Waals surface area contributed by atoms with Crippen LogP contribution in [0.15, 0.2) is 0 Å². The number of anilines is 2. The number of hydrogen-bond donors (Lipinski definition) is 3. The number of aromatic nitrogens is 1. The van der Waals surface area contributed by atoms with E-state index in [1.54, 1.807) is 0 Å². The molecule has 1 fully saturated rings. The molecular weight excluding hydrogens is 240 g/mol. The van der Waals surface area contributed by atoms with E-state index in [0.29, 0.717) is 11.5 Å². The van der Waals surface area contributed by atoms with E-state index in [-0.39, 0.29) is 17.3 Å². The van der Waals surface area contributed by atoms with Gasteiger partial charge in [0.25, 0.3) is 5.91 Å². The third-order valence-electron chi connectivity index (χ3n) is 3.15. The maximum Gasteiger partial charge on any atom is 0.255 e. The molecule has 7 heteroatoms. The molecule has 2 unspecified atom stereocenters. The third-order valence-corrected chi connectivity index (χ3v) is 4.08. The highest BCUT2D eigenvalue weighted by Gasteiger charge is 2.29. The second kappa shape index (κ2) is 4.50. The Balaban J connectivity index is 2.26. The lowest BCUT2D eigenvalue weighted by Crippen LogP contribution is -2.43. The minimum Gasteiger partial charge on any atom is -0.391 e. The smallest absolute Gasteiger partial charge is 0.255 e. The van der Waals surface area contributed by atoms with E-state index in [1.807, 2.05) is 11.8 Å². The van der Waals surface area contributed by atoms with Gasteiger partial charge in [0.05, 0.1) is 6.10 Å². The van der Waals surface area contributed by atoms with Gasteiger partial charge in [0.2, 0.25) is 0 Å². The maximum absolute atomic E-state index is 11.3. The number of β-amino-alcohol motifs (C(OH)–C–C–N with tert-alkyl or cyclic N) is 1. The molecule has 1 aromatic heterocycles. The molecule has 0 bridgehead atoms. The molecule has 1 amide bonds. The van der Waals surface area contributed by atoms with Gasteiger partial charge in [-0.15, -0.1) is 0 Å². The number of nitrogen functional groups attached to an aromatic ring is 1. The molecule has 5 N–H and O–H groups in total. The van der Waals surface area contributed by atoms with Crippen LogP contribution in [0.3, 0.4) is 0 Å². The Hall–Kier alpha value is -1.34. The molecule has 0 aromatic carbocycles. The number of amides is 1.